The van der Waals surface area contributed by atoms with Crippen molar-refractivity contribution in [3.8, 4) is 0 Å². The van der Waals surface area contributed by atoms with Crippen molar-refractivity contribution in [2.24, 2.45) is 12.0 Å². The molecule has 0 amide bonds. The molecule has 6 nitrogen and oxygen atoms in total. The van der Waals surface area contributed by atoms with Gasteiger partial charge in [-0.25, -0.2) is 4.99 Å². The second-order valence-corrected chi connectivity index (χ2v) is 6.81. The van der Waals surface area contributed by atoms with E-state index in [4.69, 9.17) is 0 Å². The molecule has 30 heavy (non-hydrogen) atoms. The molecule has 7 heteroatoms. The summed E-state index contributed by atoms with van der Waals surface area (Å²) in [4.78, 5) is 4.69. The highest BCUT2D eigenvalue weighted by molar-refractivity contribution is 14.0. The number of benzene rings is 2. The monoisotopic (exact) mass is 516 g/mol. The van der Waals surface area contributed by atoms with Gasteiger partial charge in [0.15, 0.2) is 11.8 Å². The van der Waals surface area contributed by atoms with Gasteiger partial charge in [-0.1, -0.05) is 66.7 Å². The van der Waals surface area contributed by atoms with Crippen LogP contribution in [-0.2, 0) is 13.6 Å². The van der Waals surface area contributed by atoms with E-state index in [0.717, 1.165) is 24.2 Å². The van der Waals surface area contributed by atoms with E-state index in [1.165, 1.54) is 11.1 Å². The molecule has 0 aliphatic rings. The first kappa shape index (κ1) is 23.6. The summed E-state index contributed by atoms with van der Waals surface area (Å²) in [5.41, 5.74) is 2.52. The van der Waals surface area contributed by atoms with Crippen LogP contribution in [-0.4, -0.2) is 33.8 Å². The molecule has 0 aliphatic carbocycles. The topological polar surface area (TPSA) is 67.1 Å². The molecule has 3 aromatic rings. The highest BCUT2D eigenvalue weighted by atomic mass is 127. The van der Waals surface area contributed by atoms with Crippen molar-refractivity contribution in [1.82, 2.24) is 25.4 Å². The summed E-state index contributed by atoms with van der Waals surface area (Å²) < 4.78 is 1.95. The van der Waals surface area contributed by atoms with Gasteiger partial charge in [0.2, 0.25) is 0 Å². The number of guanidine groups is 1. The van der Waals surface area contributed by atoms with Crippen molar-refractivity contribution >= 4 is 29.9 Å². The molecule has 158 valence electrons. The number of nitrogens with one attached hydrogen (secondary N) is 2. The van der Waals surface area contributed by atoms with E-state index in [1.54, 1.807) is 0 Å². The van der Waals surface area contributed by atoms with Gasteiger partial charge in [0, 0.05) is 26.1 Å². The maximum Gasteiger partial charge on any atom is 0.191 e. The molecule has 0 fully saturated rings. The summed E-state index contributed by atoms with van der Waals surface area (Å²) in [7, 11) is 1.95. The van der Waals surface area contributed by atoms with Crippen molar-refractivity contribution in [3.63, 3.8) is 0 Å². The number of halogens is 1. The molecule has 0 saturated heterocycles. The fraction of sp³-hybridized carbons (Fsp3) is 0.261. The third-order valence-corrected chi connectivity index (χ3v) is 4.85. The van der Waals surface area contributed by atoms with E-state index >= 15 is 0 Å². The van der Waals surface area contributed by atoms with Crippen LogP contribution in [0.5, 0.6) is 0 Å². The number of aromatic nitrogens is 3. The van der Waals surface area contributed by atoms with E-state index in [0.29, 0.717) is 13.1 Å². The van der Waals surface area contributed by atoms with Crippen LogP contribution >= 0.6 is 24.0 Å². The number of rotatable bonds is 8. The predicted molar refractivity (Wildman–Crippen MR) is 133 cm³/mol. The Morgan fingerprint density at radius 2 is 1.63 bits per heavy atom. The first-order valence-corrected chi connectivity index (χ1v) is 9.77. The molecule has 1 heterocycles. The molecule has 0 spiro atoms. The van der Waals surface area contributed by atoms with E-state index in [2.05, 4.69) is 80.9 Å². The lowest BCUT2D eigenvalue weighted by molar-refractivity contribution is 0.723. The predicted octanol–water partition coefficient (Wildman–Crippen LogP) is 3.79. The number of nitrogens with zero attached hydrogens (tertiary/aromatic N) is 4. The number of aliphatic imine (C=N–C) groups is 1. The van der Waals surface area contributed by atoms with Gasteiger partial charge in [-0.3, -0.25) is 0 Å². The van der Waals surface area contributed by atoms with Crippen LogP contribution in [0.4, 0.5) is 0 Å². The van der Waals surface area contributed by atoms with Gasteiger partial charge in [-0.2, -0.15) is 0 Å². The summed E-state index contributed by atoms with van der Waals surface area (Å²) in [5.74, 6) is 2.63. The van der Waals surface area contributed by atoms with Crippen molar-refractivity contribution < 1.29 is 0 Å². The third-order valence-electron chi connectivity index (χ3n) is 4.85. The van der Waals surface area contributed by atoms with Crippen LogP contribution in [0.2, 0.25) is 0 Å². The van der Waals surface area contributed by atoms with Gasteiger partial charge in [0.1, 0.15) is 12.4 Å². The molecular formula is C23H29IN6. The Labute approximate surface area is 195 Å². The fourth-order valence-electron chi connectivity index (χ4n) is 3.08. The van der Waals surface area contributed by atoms with E-state index in [1.807, 2.05) is 36.7 Å². The van der Waals surface area contributed by atoms with E-state index in [9.17, 15) is 0 Å². The quantitative estimate of drug-likeness (QED) is 0.207. The molecule has 0 bridgehead atoms. The van der Waals surface area contributed by atoms with E-state index < -0.39 is 0 Å². The Morgan fingerprint density at radius 3 is 2.13 bits per heavy atom. The largest absolute Gasteiger partial charge is 0.355 e. The van der Waals surface area contributed by atoms with Gasteiger partial charge in [-0.15, -0.1) is 40.8 Å². The van der Waals surface area contributed by atoms with Crippen molar-refractivity contribution in [3.05, 3.63) is 96.1 Å². The molecular weight excluding hydrogens is 487 g/mol. The molecule has 0 unspecified atom stereocenters. The summed E-state index contributed by atoms with van der Waals surface area (Å²) >= 11 is 0. The van der Waals surface area contributed by atoms with Crippen LogP contribution in [0, 0.1) is 6.92 Å². The second kappa shape index (κ2) is 12.1. The minimum atomic E-state index is 0. The highest BCUT2D eigenvalue weighted by Gasteiger charge is 2.14. The first-order chi connectivity index (χ1) is 14.2. The maximum absolute atomic E-state index is 4.69. The highest BCUT2D eigenvalue weighted by Crippen LogP contribution is 2.23. The summed E-state index contributed by atoms with van der Waals surface area (Å²) in [6.07, 6.45) is 1.82. The molecule has 0 radical (unpaired) electrons. The van der Waals surface area contributed by atoms with Crippen molar-refractivity contribution in [2.75, 3.05) is 13.1 Å². The van der Waals surface area contributed by atoms with Crippen LogP contribution in [0.15, 0.2) is 78.3 Å². The van der Waals surface area contributed by atoms with Crippen LogP contribution < -0.4 is 10.6 Å². The van der Waals surface area contributed by atoms with Crippen LogP contribution in [0.1, 0.15) is 28.7 Å². The molecule has 0 aliphatic heterocycles. The average molecular weight is 516 g/mol. The van der Waals surface area contributed by atoms with Gasteiger partial charge < -0.3 is 15.2 Å². The lowest BCUT2D eigenvalue weighted by Crippen LogP contribution is -2.39. The average Bonchev–Trinajstić information content (AvgIpc) is 3.09. The number of aryl methyl sites for hydroxylation is 1. The van der Waals surface area contributed by atoms with Crippen molar-refractivity contribution in [1.29, 1.82) is 0 Å². The minimum absolute atomic E-state index is 0. The lowest BCUT2D eigenvalue weighted by Gasteiger charge is -2.20. The molecule has 0 saturated carbocycles. The summed E-state index contributed by atoms with van der Waals surface area (Å²) in [5, 5.41) is 15.1. The Balaban J connectivity index is 0.00000320. The Morgan fingerprint density at radius 1 is 1.03 bits per heavy atom. The Kier molecular flexibility index (Phi) is 9.53. The van der Waals surface area contributed by atoms with Crippen LogP contribution in [0.25, 0.3) is 0 Å². The smallest absolute Gasteiger partial charge is 0.191 e. The van der Waals surface area contributed by atoms with Crippen molar-refractivity contribution in [2.45, 2.75) is 19.4 Å². The normalized spacial score (nSPS) is 11.1. The summed E-state index contributed by atoms with van der Waals surface area (Å²) in [6.45, 7) is 7.51. The molecule has 3 rings (SSSR count). The number of hydrogen-bond acceptors (Lipinski definition) is 3. The van der Waals surface area contributed by atoms with Gasteiger partial charge in [0.25, 0.3) is 0 Å². The van der Waals surface area contributed by atoms with Gasteiger partial charge in [-0.05, 0) is 18.1 Å². The summed E-state index contributed by atoms with van der Waals surface area (Å²) in [6, 6.07) is 21.0. The molecule has 0 atom stereocenters. The standard InChI is InChI=1S/C23H28N6.HI/c1-4-15-24-23(26-17-22-28-27-18(2)29(22)3)25-16-21(19-11-7-5-8-12-19)20-13-9-6-10-14-20;/h4-14,21H,1,15-17H2,2-3H3,(H2,24,25,26);1H. The zero-order valence-electron chi connectivity index (χ0n) is 17.5. The lowest BCUT2D eigenvalue weighted by atomic mass is 9.91. The minimum Gasteiger partial charge on any atom is -0.355 e. The van der Waals surface area contributed by atoms with Crippen LogP contribution in [0.3, 0.4) is 0 Å². The molecule has 1 aromatic heterocycles. The maximum atomic E-state index is 4.69. The second-order valence-electron chi connectivity index (χ2n) is 6.81. The van der Waals surface area contributed by atoms with E-state index in [-0.39, 0.29) is 29.9 Å². The molecule has 2 aromatic carbocycles. The third kappa shape index (κ3) is 6.41. The first-order valence-electron chi connectivity index (χ1n) is 9.77. The Bertz CT molecular complexity index is 897. The van der Waals surface area contributed by atoms with Gasteiger partial charge in [0.05, 0.1) is 0 Å². The number of hydrogen-bond donors (Lipinski definition) is 2. The van der Waals surface area contributed by atoms with Gasteiger partial charge >= 0.3 is 0 Å². The zero-order valence-corrected chi connectivity index (χ0v) is 19.8. The fourth-order valence-corrected chi connectivity index (χ4v) is 3.08. The molecule has 2 N–H and O–H groups in total. The SMILES string of the molecule is C=CCNC(=NCc1nnc(C)n1C)NCC(c1ccccc1)c1ccccc1.I. The Hall–Kier alpha value is -2.68. The zero-order chi connectivity index (χ0) is 20.5.